The van der Waals surface area contributed by atoms with Gasteiger partial charge in [-0.15, -0.1) is 0 Å². The second-order valence-corrected chi connectivity index (χ2v) is 32.2. The molecule has 0 rings (SSSR count). The van der Waals surface area contributed by atoms with Gasteiger partial charge in [-0.3, -0.25) is 37.3 Å². The molecule has 5 atom stereocenters. The van der Waals surface area contributed by atoms with Crippen LogP contribution in [0.5, 0.6) is 0 Å². The van der Waals surface area contributed by atoms with Crippen LogP contribution in [-0.4, -0.2) is 96.7 Å². The van der Waals surface area contributed by atoms with E-state index in [-0.39, 0.29) is 25.7 Å². The maximum absolute atomic E-state index is 13.1. The molecular weight excluding hydrogens is 1290 g/mol. The van der Waals surface area contributed by atoms with Gasteiger partial charge in [-0.1, -0.05) is 375 Å². The Morgan fingerprint density at radius 3 is 0.687 bits per heavy atom. The second-order valence-electron chi connectivity index (χ2n) is 29.3. The molecule has 19 heteroatoms. The van der Waals surface area contributed by atoms with Crippen molar-refractivity contribution in [3.05, 3.63) is 0 Å². The van der Waals surface area contributed by atoms with E-state index in [1.807, 2.05) is 0 Å². The molecule has 0 bridgehead atoms. The highest BCUT2D eigenvalue weighted by Gasteiger charge is 2.30. The van der Waals surface area contributed by atoms with Crippen molar-refractivity contribution in [2.45, 2.75) is 445 Å². The summed E-state index contributed by atoms with van der Waals surface area (Å²) in [5.41, 5.74) is 0. The highest BCUT2D eigenvalue weighted by Crippen LogP contribution is 2.45. The van der Waals surface area contributed by atoms with Gasteiger partial charge in [0.25, 0.3) is 0 Å². The lowest BCUT2D eigenvalue weighted by atomic mass is 10.0. The first-order chi connectivity index (χ1) is 48.0. The predicted molar refractivity (Wildman–Crippen MR) is 405 cm³/mol. The highest BCUT2D eigenvalue weighted by atomic mass is 31.2. The number of ether oxygens (including phenoxy) is 4. The van der Waals surface area contributed by atoms with E-state index in [1.54, 1.807) is 0 Å². The summed E-state index contributed by atoms with van der Waals surface area (Å²) in [6.07, 6.45) is 64.1. The fourth-order valence-electron chi connectivity index (χ4n) is 12.4. The smallest absolute Gasteiger partial charge is 0.462 e. The number of hydrogen-bond acceptors (Lipinski definition) is 15. The van der Waals surface area contributed by atoms with Crippen molar-refractivity contribution in [3.63, 3.8) is 0 Å². The number of hydrogen-bond donors (Lipinski definition) is 3. The number of phosphoric ester groups is 2. The van der Waals surface area contributed by atoms with E-state index in [1.165, 1.54) is 250 Å². The Morgan fingerprint density at radius 1 is 0.273 bits per heavy atom. The van der Waals surface area contributed by atoms with Crippen LogP contribution < -0.4 is 0 Å². The summed E-state index contributed by atoms with van der Waals surface area (Å²) in [6, 6.07) is 0. The van der Waals surface area contributed by atoms with Crippen molar-refractivity contribution in [3.8, 4) is 0 Å². The predicted octanol–water partition coefficient (Wildman–Crippen LogP) is 24.0. The molecule has 0 aromatic carbocycles. The standard InChI is InChI=1S/C80H156O17P2/c1-6-9-12-15-18-21-24-26-28-30-32-34-36-38-40-42-45-50-55-60-65-79(84)96-75(69-91-78(83)64-59-54-49-44-41-39-37-35-33-31-29-27-25-22-19-16-13-10-7-2)71-94-98(86,87)92-67-74(81)68-93-99(88,89)95-72-76(97-80(85)66-61-56-51-46-47-52-57-62-73(4)5)70-90-77(82)63-58-53-48-43-23-20-17-14-11-8-3/h73-76,81H,6-72H2,1-5H3,(H,86,87)(H,88,89)/t74-,75-,76-/m1/s1. The van der Waals surface area contributed by atoms with Crippen LogP contribution in [0.15, 0.2) is 0 Å². The van der Waals surface area contributed by atoms with Crippen LogP contribution in [0, 0.1) is 5.92 Å². The Balaban J connectivity index is 5.19. The molecule has 3 N–H and O–H groups in total. The van der Waals surface area contributed by atoms with Crippen LogP contribution in [0.1, 0.15) is 426 Å². The third-order valence-electron chi connectivity index (χ3n) is 18.8. The first-order valence-corrected chi connectivity index (χ1v) is 44.6. The summed E-state index contributed by atoms with van der Waals surface area (Å²) in [5, 5.41) is 10.6. The zero-order chi connectivity index (χ0) is 72.7. The fourth-order valence-corrected chi connectivity index (χ4v) is 14.0. The number of phosphoric acid groups is 2. The molecule has 0 heterocycles. The maximum Gasteiger partial charge on any atom is 0.472 e. The molecule has 0 amide bonds. The number of esters is 4. The Labute approximate surface area is 607 Å². The average molecular weight is 1450 g/mol. The Kier molecular flexibility index (Phi) is 71.6. The van der Waals surface area contributed by atoms with Crippen molar-refractivity contribution in [2.24, 2.45) is 5.92 Å². The minimum atomic E-state index is -4.96. The Hall–Kier alpha value is -1.94. The SMILES string of the molecule is CCCCCCCCCCCCCCCCCCCCCCC(=O)O[C@H](COC(=O)CCCCCCCCCCCCCCCCCCCCC)COP(=O)(O)OC[C@@H](O)COP(=O)(O)OC[C@@H](COC(=O)CCCCCCCCCCCC)OC(=O)CCCCCCCCCC(C)C. The van der Waals surface area contributed by atoms with E-state index in [0.29, 0.717) is 31.6 Å². The van der Waals surface area contributed by atoms with Gasteiger partial charge in [-0.2, -0.15) is 0 Å². The lowest BCUT2D eigenvalue weighted by molar-refractivity contribution is -0.161. The topological polar surface area (TPSA) is 237 Å². The molecule has 0 fully saturated rings. The summed E-state index contributed by atoms with van der Waals surface area (Å²) < 4.78 is 68.6. The number of aliphatic hydroxyl groups is 1. The molecule has 0 aromatic rings. The van der Waals surface area contributed by atoms with E-state index in [9.17, 15) is 43.2 Å². The number of rotatable bonds is 80. The Morgan fingerprint density at radius 2 is 0.465 bits per heavy atom. The highest BCUT2D eigenvalue weighted by molar-refractivity contribution is 7.47. The number of unbranched alkanes of at least 4 members (excludes halogenated alkanes) is 52. The number of carbonyl (C=O) groups is 4. The van der Waals surface area contributed by atoms with Gasteiger partial charge in [0.1, 0.15) is 19.3 Å². The van der Waals surface area contributed by atoms with Crippen molar-refractivity contribution in [1.29, 1.82) is 0 Å². The van der Waals surface area contributed by atoms with Gasteiger partial charge in [0.15, 0.2) is 12.2 Å². The molecule has 0 spiro atoms. The van der Waals surface area contributed by atoms with Gasteiger partial charge in [0.2, 0.25) is 0 Å². The molecule has 2 unspecified atom stereocenters. The van der Waals surface area contributed by atoms with E-state index >= 15 is 0 Å². The second kappa shape index (κ2) is 73.0. The van der Waals surface area contributed by atoms with E-state index in [2.05, 4.69) is 34.6 Å². The number of carbonyl (C=O) groups excluding carboxylic acids is 4. The first-order valence-electron chi connectivity index (χ1n) is 41.6. The van der Waals surface area contributed by atoms with Gasteiger partial charge in [0.05, 0.1) is 26.4 Å². The molecule has 0 aliphatic carbocycles. The van der Waals surface area contributed by atoms with Crippen LogP contribution in [0.25, 0.3) is 0 Å². The van der Waals surface area contributed by atoms with E-state index < -0.39 is 97.5 Å². The summed E-state index contributed by atoms with van der Waals surface area (Å²) in [6.45, 7) is 7.24. The normalized spacial score (nSPS) is 13.9. The molecule has 0 aliphatic rings. The van der Waals surface area contributed by atoms with Gasteiger partial charge < -0.3 is 33.8 Å². The third-order valence-corrected chi connectivity index (χ3v) is 20.7. The van der Waals surface area contributed by atoms with Crippen molar-refractivity contribution >= 4 is 39.5 Å². The van der Waals surface area contributed by atoms with Gasteiger partial charge in [-0.05, 0) is 31.6 Å². The Bertz CT molecular complexity index is 1890. The van der Waals surface area contributed by atoms with Gasteiger partial charge >= 0.3 is 39.5 Å². The molecule has 0 aliphatic heterocycles. The van der Waals surface area contributed by atoms with E-state index in [4.69, 9.17) is 37.0 Å². The van der Waals surface area contributed by atoms with Crippen LogP contribution in [-0.2, 0) is 65.4 Å². The summed E-state index contributed by atoms with van der Waals surface area (Å²) in [4.78, 5) is 72.9. The zero-order valence-corrected chi connectivity index (χ0v) is 66.4. The molecule has 0 radical (unpaired) electrons. The molecule has 0 saturated carbocycles. The van der Waals surface area contributed by atoms with Gasteiger partial charge in [-0.25, -0.2) is 9.13 Å². The maximum atomic E-state index is 13.1. The molecule has 0 aromatic heterocycles. The summed E-state index contributed by atoms with van der Waals surface area (Å²) in [5.74, 6) is -1.42. The summed E-state index contributed by atoms with van der Waals surface area (Å²) >= 11 is 0. The lowest BCUT2D eigenvalue weighted by Crippen LogP contribution is -2.30. The van der Waals surface area contributed by atoms with Crippen LogP contribution >= 0.6 is 15.6 Å². The first kappa shape index (κ1) is 97.1. The lowest BCUT2D eigenvalue weighted by Gasteiger charge is -2.21. The van der Waals surface area contributed by atoms with Crippen LogP contribution in [0.3, 0.4) is 0 Å². The van der Waals surface area contributed by atoms with Crippen LogP contribution in [0.2, 0.25) is 0 Å². The minimum absolute atomic E-state index is 0.104. The molecular formula is C80H156O17P2. The van der Waals surface area contributed by atoms with Crippen molar-refractivity contribution in [2.75, 3.05) is 39.6 Å². The van der Waals surface area contributed by atoms with Crippen molar-refractivity contribution < 1.29 is 80.2 Å². The molecule has 99 heavy (non-hydrogen) atoms. The number of aliphatic hydroxyl groups excluding tert-OH is 1. The molecule has 17 nitrogen and oxygen atoms in total. The third kappa shape index (κ3) is 74.1. The average Bonchev–Trinajstić information content (AvgIpc) is 1.01. The molecule has 0 saturated heterocycles. The fraction of sp³-hybridized carbons (Fsp3) is 0.950. The van der Waals surface area contributed by atoms with Crippen LogP contribution in [0.4, 0.5) is 0 Å². The van der Waals surface area contributed by atoms with Crippen molar-refractivity contribution in [1.82, 2.24) is 0 Å². The van der Waals surface area contributed by atoms with Gasteiger partial charge in [0, 0.05) is 25.7 Å². The quantitative estimate of drug-likeness (QED) is 0.0222. The van der Waals surface area contributed by atoms with E-state index in [0.717, 1.165) is 89.9 Å². The molecule has 588 valence electrons. The minimum Gasteiger partial charge on any atom is -0.462 e. The summed E-state index contributed by atoms with van der Waals surface area (Å²) in [7, 11) is -9.91. The largest absolute Gasteiger partial charge is 0.472 e. The zero-order valence-electron chi connectivity index (χ0n) is 64.6. The monoisotopic (exact) mass is 1450 g/mol.